The van der Waals surface area contributed by atoms with E-state index in [0.29, 0.717) is 25.7 Å². The minimum absolute atomic E-state index is 0.0455. The zero-order valence-electron chi connectivity index (χ0n) is 17.3. The van der Waals surface area contributed by atoms with E-state index in [4.69, 9.17) is 4.74 Å². The van der Waals surface area contributed by atoms with Crippen molar-refractivity contribution in [3.05, 3.63) is 23.8 Å². The Morgan fingerprint density at radius 3 is 2.72 bits per heavy atom. The van der Waals surface area contributed by atoms with Crippen LogP contribution in [0.5, 0.6) is 0 Å². The number of carbonyl (C=O) groups is 3. The average molecular weight is 402 g/mol. The lowest BCUT2D eigenvalue weighted by molar-refractivity contribution is -0.179. The van der Waals surface area contributed by atoms with E-state index < -0.39 is 35.5 Å². The van der Waals surface area contributed by atoms with E-state index in [1.165, 1.54) is 6.92 Å². The molecule has 0 aromatic carbocycles. The van der Waals surface area contributed by atoms with Crippen LogP contribution in [0.1, 0.15) is 52.9 Å². The molecule has 29 heavy (non-hydrogen) atoms. The SMILES string of the molecule is CC(=O)OCC(=O)[C@@]1(O)CC[C@H]2[C@@H]3CC=C4CC(=O)C=C[C@]4(C)[C@H]3C(O)C[C@@]21C. The highest BCUT2D eigenvalue weighted by Crippen LogP contribution is 2.66. The predicted molar refractivity (Wildman–Crippen MR) is 105 cm³/mol. The lowest BCUT2D eigenvalue weighted by atomic mass is 9.47. The Morgan fingerprint density at radius 2 is 2.03 bits per heavy atom. The molecule has 2 N–H and O–H groups in total. The highest BCUT2D eigenvalue weighted by Gasteiger charge is 2.67. The normalized spacial score (nSPS) is 45.7. The van der Waals surface area contributed by atoms with Gasteiger partial charge in [-0.15, -0.1) is 0 Å². The zero-order valence-corrected chi connectivity index (χ0v) is 17.3. The van der Waals surface area contributed by atoms with Gasteiger partial charge in [-0.05, 0) is 43.6 Å². The molecule has 158 valence electrons. The summed E-state index contributed by atoms with van der Waals surface area (Å²) in [4.78, 5) is 35.9. The van der Waals surface area contributed by atoms with Gasteiger partial charge in [0.2, 0.25) is 5.78 Å². The van der Waals surface area contributed by atoms with E-state index in [9.17, 15) is 24.6 Å². The van der Waals surface area contributed by atoms with E-state index in [0.717, 1.165) is 12.0 Å². The lowest BCUT2D eigenvalue weighted by Gasteiger charge is -2.58. The first-order valence-corrected chi connectivity index (χ1v) is 10.5. The molecule has 0 radical (unpaired) electrons. The number of ketones is 2. The number of ether oxygens (including phenoxy) is 1. The molecule has 1 unspecified atom stereocenters. The predicted octanol–water partition coefficient (Wildman–Crippen LogP) is 2.13. The first-order valence-electron chi connectivity index (χ1n) is 10.5. The van der Waals surface area contributed by atoms with Crippen molar-refractivity contribution in [2.24, 2.45) is 28.6 Å². The van der Waals surface area contributed by atoms with Crippen LogP contribution in [-0.4, -0.2) is 46.1 Å². The minimum atomic E-state index is -1.61. The Labute approximate surface area is 171 Å². The largest absolute Gasteiger partial charge is 0.458 e. The number of aliphatic hydroxyl groups is 2. The monoisotopic (exact) mass is 402 g/mol. The molecule has 0 aromatic heterocycles. The fraction of sp³-hybridized carbons (Fsp3) is 0.696. The Hall–Kier alpha value is -1.79. The smallest absolute Gasteiger partial charge is 0.303 e. The van der Waals surface area contributed by atoms with Gasteiger partial charge in [-0.2, -0.15) is 0 Å². The van der Waals surface area contributed by atoms with Gasteiger partial charge in [0.25, 0.3) is 0 Å². The van der Waals surface area contributed by atoms with Crippen LogP contribution in [0.25, 0.3) is 0 Å². The molecule has 0 aromatic rings. The van der Waals surface area contributed by atoms with Crippen LogP contribution in [-0.2, 0) is 19.1 Å². The maximum absolute atomic E-state index is 12.9. The quantitative estimate of drug-likeness (QED) is 0.554. The highest BCUT2D eigenvalue weighted by atomic mass is 16.5. The third-order valence-electron chi connectivity index (χ3n) is 8.47. The van der Waals surface area contributed by atoms with Crippen molar-refractivity contribution < 1.29 is 29.3 Å². The summed E-state index contributed by atoms with van der Waals surface area (Å²) in [5.74, 6) is -0.801. The van der Waals surface area contributed by atoms with Gasteiger partial charge in [-0.25, -0.2) is 0 Å². The van der Waals surface area contributed by atoms with Crippen molar-refractivity contribution in [2.75, 3.05) is 6.61 Å². The summed E-state index contributed by atoms with van der Waals surface area (Å²) in [7, 11) is 0. The summed E-state index contributed by atoms with van der Waals surface area (Å²) >= 11 is 0. The average Bonchev–Trinajstić information content (AvgIpc) is 2.91. The van der Waals surface area contributed by atoms with Crippen molar-refractivity contribution in [2.45, 2.75) is 64.6 Å². The van der Waals surface area contributed by atoms with Crippen molar-refractivity contribution >= 4 is 17.5 Å². The zero-order chi connectivity index (χ0) is 21.2. The second kappa shape index (κ2) is 6.61. The standard InChI is InChI=1S/C23H30O6/c1-13(24)29-12-19(27)23(28)9-7-17-16-5-4-14-10-15(25)6-8-21(14,2)20(16)18(26)11-22(17,23)3/h4,6,8,16-18,20,26,28H,5,7,9-12H2,1-3H3/t16-,17-,18?,20+,21-,22-,23-/m0/s1. The summed E-state index contributed by atoms with van der Waals surface area (Å²) in [6.45, 7) is 4.79. The van der Waals surface area contributed by atoms with Gasteiger partial charge in [0.1, 0.15) is 5.60 Å². The molecule has 2 saturated carbocycles. The van der Waals surface area contributed by atoms with E-state index in [1.807, 2.05) is 13.0 Å². The number of fused-ring (bicyclic) bond motifs is 5. The molecule has 7 atom stereocenters. The van der Waals surface area contributed by atoms with Crippen LogP contribution in [0.3, 0.4) is 0 Å². The molecule has 0 aliphatic heterocycles. The number of hydrogen-bond acceptors (Lipinski definition) is 6. The van der Waals surface area contributed by atoms with Gasteiger partial charge < -0.3 is 14.9 Å². The fourth-order valence-electron chi connectivity index (χ4n) is 6.98. The number of Topliss-reactive ketones (excluding diaryl/α,β-unsaturated/α-hetero) is 1. The number of rotatable bonds is 3. The number of carbonyl (C=O) groups excluding carboxylic acids is 3. The summed E-state index contributed by atoms with van der Waals surface area (Å²) in [5, 5.41) is 22.7. The Kier molecular flexibility index (Phi) is 4.67. The molecular formula is C23H30O6. The number of aliphatic hydroxyl groups excluding tert-OH is 1. The molecule has 0 spiro atoms. The van der Waals surface area contributed by atoms with Crippen LogP contribution in [0.15, 0.2) is 23.8 Å². The van der Waals surface area contributed by atoms with Crippen LogP contribution >= 0.6 is 0 Å². The molecule has 6 heteroatoms. The van der Waals surface area contributed by atoms with Gasteiger partial charge in [0.05, 0.1) is 6.10 Å². The Balaban J connectivity index is 1.67. The first kappa shape index (κ1) is 20.5. The maximum atomic E-state index is 12.9. The third kappa shape index (κ3) is 2.79. The molecule has 0 amide bonds. The number of hydrogen-bond donors (Lipinski definition) is 2. The summed E-state index contributed by atoms with van der Waals surface area (Å²) in [6.07, 6.45) is 7.47. The molecule has 4 rings (SSSR count). The Morgan fingerprint density at radius 1 is 1.31 bits per heavy atom. The molecule has 2 fully saturated rings. The van der Waals surface area contributed by atoms with E-state index in [2.05, 4.69) is 13.0 Å². The first-order chi connectivity index (χ1) is 13.5. The molecule has 0 saturated heterocycles. The van der Waals surface area contributed by atoms with E-state index in [-0.39, 0.29) is 29.0 Å². The topological polar surface area (TPSA) is 101 Å². The molecular weight excluding hydrogens is 372 g/mol. The second-order valence-corrected chi connectivity index (χ2v) is 9.81. The molecule has 4 aliphatic carbocycles. The van der Waals surface area contributed by atoms with Crippen molar-refractivity contribution in [3.8, 4) is 0 Å². The molecule has 0 bridgehead atoms. The van der Waals surface area contributed by atoms with Gasteiger partial charge in [0, 0.05) is 30.1 Å². The maximum Gasteiger partial charge on any atom is 0.303 e. The summed E-state index contributed by atoms with van der Waals surface area (Å²) in [5.41, 5.74) is -1.68. The van der Waals surface area contributed by atoms with Gasteiger partial charge in [-0.1, -0.05) is 31.6 Å². The molecule has 6 nitrogen and oxygen atoms in total. The molecule has 0 heterocycles. The summed E-state index contributed by atoms with van der Waals surface area (Å²) < 4.78 is 4.87. The van der Waals surface area contributed by atoms with Gasteiger partial charge in [0.15, 0.2) is 12.4 Å². The lowest BCUT2D eigenvalue weighted by Crippen LogP contribution is -2.61. The minimum Gasteiger partial charge on any atom is -0.458 e. The second-order valence-electron chi connectivity index (χ2n) is 9.81. The van der Waals surface area contributed by atoms with Crippen LogP contribution < -0.4 is 0 Å². The Bertz CT molecular complexity index is 827. The van der Waals surface area contributed by atoms with Crippen LogP contribution in [0.4, 0.5) is 0 Å². The molecule has 4 aliphatic rings. The van der Waals surface area contributed by atoms with Crippen molar-refractivity contribution in [1.29, 1.82) is 0 Å². The highest BCUT2D eigenvalue weighted by molar-refractivity contribution is 5.93. The van der Waals surface area contributed by atoms with Gasteiger partial charge in [-0.3, -0.25) is 14.4 Å². The van der Waals surface area contributed by atoms with Crippen molar-refractivity contribution in [3.63, 3.8) is 0 Å². The van der Waals surface area contributed by atoms with E-state index >= 15 is 0 Å². The number of allylic oxidation sites excluding steroid dienone is 4. The van der Waals surface area contributed by atoms with Gasteiger partial charge >= 0.3 is 5.97 Å². The summed E-state index contributed by atoms with van der Waals surface area (Å²) in [6, 6.07) is 0. The van der Waals surface area contributed by atoms with E-state index in [1.54, 1.807) is 6.08 Å². The fourth-order valence-corrected chi connectivity index (χ4v) is 6.98. The van der Waals surface area contributed by atoms with Crippen molar-refractivity contribution in [1.82, 2.24) is 0 Å². The van der Waals surface area contributed by atoms with Crippen LogP contribution in [0.2, 0.25) is 0 Å². The number of esters is 1. The van der Waals surface area contributed by atoms with Crippen LogP contribution in [0, 0.1) is 28.6 Å². The third-order valence-corrected chi connectivity index (χ3v) is 8.47.